The van der Waals surface area contributed by atoms with Crippen LogP contribution in [0.25, 0.3) is 0 Å². The van der Waals surface area contributed by atoms with Crippen molar-refractivity contribution in [3.05, 3.63) is 16.1 Å². The lowest BCUT2D eigenvalue weighted by Gasteiger charge is -2.30. The number of ether oxygens (including phenoxy) is 2. The Bertz CT molecular complexity index is 782. The van der Waals surface area contributed by atoms with E-state index in [0.717, 1.165) is 17.8 Å². The minimum Gasteiger partial charge on any atom is -0.467 e. The molecule has 0 aliphatic carbocycles. The average Bonchev–Trinajstić information content (AvgIpc) is 3.41. The zero-order chi connectivity index (χ0) is 20.1. The summed E-state index contributed by atoms with van der Waals surface area (Å²) in [6.45, 7) is 1.58. The van der Waals surface area contributed by atoms with Crippen LogP contribution in [0.2, 0.25) is 0 Å². The van der Waals surface area contributed by atoms with Crippen molar-refractivity contribution in [2.75, 3.05) is 39.1 Å². The highest BCUT2D eigenvalue weighted by molar-refractivity contribution is 8.00. The Labute approximate surface area is 171 Å². The van der Waals surface area contributed by atoms with Crippen LogP contribution >= 0.6 is 23.1 Å². The maximum atomic E-state index is 12.8. The molecule has 10 heteroatoms. The molecule has 0 bridgehead atoms. The number of rotatable bonds is 4. The fourth-order valence-electron chi connectivity index (χ4n) is 3.20. The van der Waals surface area contributed by atoms with Gasteiger partial charge in [-0.25, -0.2) is 14.6 Å². The monoisotopic (exact) mass is 423 g/mol. The Morgan fingerprint density at radius 2 is 2.07 bits per heavy atom. The van der Waals surface area contributed by atoms with Gasteiger partial charge in [0.25, 0.3) is 5.91 Å². The summed E-state index contributed by atoms with van der Waals surface area (Å²) in [5.74, 6) is 2.48. The van der Waals surface area contributed by atoms with Gasteiger partial charge < -0.3 is 19.3 Å². The van der Waals surface area contributed by atoms with Crippen molar-refractivity contribution < 1.29 is 23.9 Å². The van der Waals surface area contributed by atoms with Crippen LogP contribution in [0.15, 0.2) is 5.38 Å². The zero-order valence-corrected chi connectivity index (χ0v) is 17.1. The van der Waals surface area contributed by atoms with Crippen molar-refractivity contribution in [2.45, 2.75) is 24.1 Å². The lowest BCUT2D eigenvalue weighted by Crippen LogP contribution is -2.40. The fourth-order valence-corrected chi connectivity index (χ4v) is 5.30. The van der Waals surface area contributed by atoms with E-state index in [9.17, 15) is 14.4 Å². The van der Waals surface area contributed by atoms with Crippen molar-refractivity contribution in [2.24, 2.45) is 0 Å². The summed E-state index contributed by atoms with van der Waals surface area (Å²) in [6.07, 6.45) is 6.20. The van der Waals surface area contributed by atoms with Crippen LogP contribution < -0.4 is 0 Å². The van der Waals surface area contributed by atoms with Crippen LogP contribution in [0.3, 0.4) is 0 Å². The van der Waals surface area contributed by atoms with E-state index in [2.05, 4.69) is 10.9 Å². The van der Waals surface area contributed by atoms with Gasteiger partial charge in [0, 0.05) is 36.7 Å². The molecule has 2 aliphatic rings. The molecule has 3 heterocycles. The lowest BCUT2D eigenvalue weighted by molar-refractivity contribution is -0.142. The van der Waals surface area contributed by atoms with Crippen LogP contribution in [0.1, 0.15) is 34.3 Å². The van der Waals surface area contributed by atoms with Crippen molar-refractivity contribution in [3.63, 3.8) is 0 Å². The molecule has 28 heavy (non-hydrogen) atoms. The molecule has 150 valence electrons. The minimum atomic E-state index is -0.611. The molecule has 0 aromatic carbocycles. The van der Waals surface area contributed by atoms with Gasteiger partial charge in [-0.2, -0.15) is 0 Å². The van der Waals surface area contributed by atoms with Gasteiger partial charge in [0.2, 0.25) is 0 Å². The second-order valence-electron chi connectivity index (χ2n) is 6.34. The van der Waals surface area contributed by atoms with Crippen LogP contribution in [0.4, 0.5) is 4.79 Å². The van der Waals surface area contributed by atoms with E-state index < -0.39 is 17.4 Å². The first-order valence-electron chi connectivity index (χ1n) is 8.86. The molecule has 3 rings (SSSR count). The van der Waals surface area contributed by atoms with Crippen molar-refractivity contribution in [1.29, 1.82) is 0 Å². The third-order valence-electron chi connectivity index (χ3n) is 4.68. The summed E-state index contributed by atoms with van der Waals surface area (Å²) in [5, 5.41) is 2.00. The Kier molecular flexibility index (Phi) is 6.80. The first-order valence-corrected chi connectivity index (χ1v) is 10.8. The molecule has 1 aromatic heterocycles. The summed E-state index contributed by atoms with van der Waals surface area (Å²) in [7, 11) is 1.32. The summed E-state index contributed by atoms with van der Waals surface area (Å²) < 4.78 is 9.73. The van der Waals surface area contributed by atoms with Crippen molar-refractivity contribution >= 4 is 41.1 Å². The highest BCUT2D eigenvalue weighted by atomic mass is 32.2. The van der Waals surface area contributed by atoms with E-state index in [1.807, 2.05) is 0 Å². The third-order valence-corrected chi connectivity index (χ3v) is 6.87. The first kappa shape index (κ1) is 20.5. The van der Waals surface area contributed by atoms with Gasteiger partial charge in [-0.15, -0.1) is 29.5 Å². The molecule has 2 saturated heterocycles. The van der Waals surface area contributed by atoms with Gasteiger partial charge >= 0.3 is 12.1 Å². The number of amides is 2. The number of carbonyl (C=O) groups excluding carboxylic acids is 3. The largest absolute Gasteiger partial charge is 0.467 e. The van der Waals surface area contributed by atoms with E-state index in [4.69, 9.17) is 15.9 Å². The SMILES string of the molecule is C#CCOC(=O)N1CCC(c2nc(C(=O)N3CCSC3C(=O)OC)cs2)CC1. The van der Waals surface area contributed by atoms with E-state index in [0.29, 0.717) is 31.1 Å². The number of thiazole rings is 1. The Hall–Kier alpha value is -2.25. The molecular weight excluding hydrogens is 402 g/mol. The molecule has 1 atom stereocenters. The Balaban J connectivity index is 1.59. The van der Waals surface area contributed by atoms with Gasteiger partial charge in [0.1, 0.15) is 5.69 Å². The molecule has 1 aromatic rings. The van der Waals surface area contributed by atoms with Gasteiger partial charge in [0.05, 0.1) is 12.1 Å². The zero-order valence-electron chi connectivity index (χ0n) is 15.5. The topological polar surface area (TPSA) is 89.0 Å². The first-order chi connectivity index (χ1) is 13.5. The van der Waals surface area contributed by atoms with Crippen molar-refractivity contribution in [1.82, 2.24) is 14.8 Å². The highest BCUT2D eigenvalue weighted by Crippen LogP contribution is 2.32. The number of hydrogen-bond donors (Lipinski definition) is 0. The molecule has 2 aliphatic heterocycles. The molecule has 8 nitrogen and oxygen atoms in total. The lowest BCUT2D eigenvalue weighted by atomic mass is 9.98. The Morgan fingerprint density at radius 1 is 1.32 bits per heavy atom. The quantitative estimate of drug-likeness (QED) is 0.539. The Morgan fingerprint density at radius 3 is 2.75 bits per heavy atom. The molecule has 1 unspecified atom stereocenters. The standard InChI is InChI=1S/C18H21N3O5S2/c1-3-9-26-18(24)20-6-4-12(5-7-20)14-19-13(11-28-14)15(22)21-8-10-27-16(21)17(23)25-2/h1,11-12,16H,4-10H2,2H3. The predicted molar refractivity (Wildman–Crippen MR) is 105 cm³/mol. The molecule has 0 spiro atoms. The van der Waals surface area contributed by atoms with Crippen LogP contribution in [0, 0.1) is 12.3 Å². The summed E-state index contributed by atoms with van der Waals surface area (Å²) >= 11 is 2.83. The maximum Gasteiger partial charge on any atom is 0.410 e. The molecule has 0 N–H and O–H groups in total. The number of nitrogens with zero attached hydrogens (tertiary/aromatic N) is 3. The number of likely N-dealkylation sites (tertiary alicyclic amines) is 1. The van der Waals surface area contributed by atoms with Crippen LogP contribution in [-0.4, -0.2) is 77.2 Å². The van der Waals surface area contributed by atoms with Gasteiger partial charge in [-0.05, 0) is 12.8 Å². The predicted octanol–water partition coefficient (Wildman–Crippen LogP) is 1.78. The van der Waals surface area contributed by atoms with Crippen molar-refractivity contribution in [3.8, 4) is 12.3 Å². The fraction of sp³-hybridized carbons (Fsp3) is 0.556. The number of methoxy groups -OCH3 is 1. The van der Waals surface area contributed by atoms with E-state index >= 15 is 0 Å². The number of piperidine rings is 1. The van der Waals surface area contributed by atoms with E-state index in [1.54, 1.807) is 10.3 Å². The normalized spacial score (nSPS) is 19.9. The summed E-state index contributed by atoms with van der Waals surface area (Å²) in [4.78, 5) is 44.2. The highest BCUT2D eigenvalue weighted by Gasteiger charge is 2.37. The number of terminal acetylenes is 1. The van der Waals surface area contributed by atoms with Crippen LogP contribution in [0.5, 0.6) is 0 Å². The number of hydrogen-bond acceptors (Lipinski definition) is 8. The molecule has 0 saturated carbocycles. The summed E-state index contributed by atoms with van der Waals surface area (Å²) in [6, 6.07) is 0. The number of thioether (sulfide) groups is 1. The molecule has 0 radical (unpaired) electrons. The molecule has 2 fully saturated rings. The number of esters is 1. The van der Waals surface area contributed by atoms with Crippen LogP contribution in [-0.2, 0) is 14.3 Å². The second-order valence-corrected chi connectivity index (χ2v) is 8.41. The summed E-state index contributed by atoms with van der Waals surface area (Å²) in [5.41, 5.74) is 0.354. The molecule has 2 amide bonds. The second kappa shape index (κ2) is 9.30. The van der Waals surface area contributed by atoms with Gasteiger partial charge in [-0.1, -0.05) is 5.92 Å². The van der Waals surface area contributed by atoms with E-state index in [-0.39, 0.29) is 18.4 Å². The maximum absolute atomic E-state index is 12.8. The number of carbonyl (C=O) groups is 3. The third kappa shape index (κ3) is 4.42. The van der Waals surface area contributed by atoms with Gasteiger partial charge in [-0.3, -0.25) is 4.79 Å². The average molecular weight is 424 g/mol. The minimum absolute atomic E-state index is 0.0297. The van der Waals surface area contributed by atoms with E-state index in [1.165, 1.54) is 35.1 Å². The smallest absolute Gasteiger partial charge is 0.410 e. The van der Waals surface area contributed by atoms with Gasteiger partial charge in [0.15, 0.2) is 12.0 Å². The number of aromatic nitrogens is 1. The molecular formula is C18H21N3O5S2.